The molecule has 0 aliphatic heterocycles. The van der Waals surface area contributed by atoms with Crippen LogP contribution in [0.1, 0.15) is 18.7 Å². The number of ether oxygens (including phenoxy) is 1. The highest BCUT2D eigenvalue weighted by atomic mass is 35.5. The van der Waals surface area contributed by atoms with Gasteiger partial charge in [-0.15, -0.1) is 11.3 Å². The standard InChI is InChI=1S/C11H18ClNOS/c1-9(2)13-5-7-14-6-3-11-10(12)4-8-15-11/h4,8-9,13H,3,5-7H2,1-2H3. The van der Waals surface area contributed by atoms with E-state index in [-0.39, 0.29) is 0 Å². The SMILES string of the molecule is CC(C)NCCOCCc1sccc1Cl. The summed E-state index contributed by atoms with van der Waals surface area (Å²) in [6, 6.07) is 2.46. The number of hydrogen-bond acceptors (Lipinski definition) is 3. The number of rotatable bonds is 7. The van der Waals surface area contributed by atoms with Gasteiger partial charge in [0, 0.05) is 23.9 Å². The molecule has 86 valence electrons. The molecule has 1 heterocycles. The van der Waals surface area contributed by atoms with E-state index in [4.69, 9.17) is 16.3 Å². The van der Waals surface area contributed by atoms with Gasteiger partial charge in [0.05, 0.1) is 18.2 Å². The van der Waals surface area contributed by atoms with E-state index in [0.717, 1.165) is 31.2 Å². The Morgan fingerprint density at radius 3 is 2.87 bits per heavy atom. The third-order valence-electron chi connectivity index (χ3n) is 1.96. The normalized spacial score (nSPS) is 11.2. The number of thiophene rings is 1. The van der Waals surface area contributed by atoms with Crippen molar-refractivity contribution < 1.29 is 4.74 Å². The van der Waals surface area contributed by atoms with Crippen LogP contribution in [0.2, 0.25) is 5.02 Å². The first-order valence-corrected chi connectivity index (χ1v) is 6.49. The van der Waals surface area contributed by atoms with Gasteiger partial charge >= 0.3 is 0 Å². The summed E-state index contributed by atoms with van der Waals surface area (Å²) in [5.74, 6) is 0. The van der Waals surface area contributed by atoms with Crippen molar-refractivity contribution in [2.75, 3.05) is 19.8 Å². The van der Waals surface area contributed by atoms with Gasteiger partial charge in [0.25, 0.3) is 0 Å². The van der Waals surface area contributed by atoms with Gasteiger partial charge in [-0.2, -0.15) is 0 Å². The van der Waals surface area contributed by atoms with E-state index in [9.17, 15) is 0 Å². The molecule has 4 heteroatoms. The van der Waals surface area contributed by atoms with E-state index in [2.05, 4.69) is 19.2 Å². The molecular formula is C11H18ClNOS. The summed E-state index contributed by atoms with van der Waals surface area (Å²) in [4.78, 5) is 1.22. The summed E-state index contributed by atoms with van der Waals surface area (Å²) in [6.45, 7) is 6.69. The number of halogens is 1. The monoisotopic (exact) mass is 247 g/mol. The molecule has 0 fully saturated rings. The Morgan fingerprint density at radius 1 is 1.47 bits per heavy atom. The van der Waals surface area contributed by atoms with Crippen molar-refractivity contribution >= 4 is 22.9 Å². The smallest absolute Gasteiger partial charge is 0.0591 e. The maximum absolute atomic E-state index is 5.96. The molecule has 0 radical (unpaired) electrons. The fourth-order valence-electron chi connectivity index (χ4n) is 1.19. The topological polar surface area (TPSA) is 21.3 Å². The predicted molar refractivity (Wildman–Crippen MR) is 67.0 cm³/mol. The van der Waals surface area contributed by atoms with Crippen LogP contribution in [0.5, 0.6) is 0 Å². The highest BCUT2D eigenvalue weighted by Gasteiger charge is 2.00. The highest BCUT2D eigenvalue weighted by Crippen LogP contribution is 2.22. The van der Waals surface area contributed by atoms with Crippen LogP contribution in [-0.4, -0.2) is 25.8 Å². The van der Waals surface area contributed by atoms with Crippen LogP contribution in [0.4, 0.5) is 0 Å². The van der Waals surface area contributed by atoms with Crippen LogP contribution in [0.15, 0.2) is 11.4 Å². The summed E-state index contributed by atoms with van der Waals surface area (Å²) in [7, 11) is 0. The molecule has 1 N–H and O–H groups in total. The molecule has 0 amide bonds. The van der Waals surface area contributed by atoms with Crippen molar-refractivity contribution in [1.29, 1.82) is 0 Å². The van der Waals surface area contributed by atoms with Crippen LogP contribution in [0.25, 0.3) is 0 Å². The average Bonchev–Trinajstić information content (AvgIpc) is 2.57. The third-order valence-corrected chi connectivity index (χ3v) is 3.41. The van der Waals surface area contributed by atoms with Gasteiger partial charge in [0.1, 0.15) is 0 Å². The van der Waals surface area contributed by atoms with Crippen molar-refractivity contribution in [3.8, 4) is 0 Å². The minimum atomic E-state index is 0.528. The zero-order valence-corrected chi connectivity index (χ0v) is 10.8. The lowest BCUT2D eigenvalue weighted by Gasteiger charge is -2.08. The minimum Gasteiger partial charge on any atom is -0.380 e. The zero-order valence-electron chi connectivity index (χ0n) is 9.25. The van der Waals surface area contributed by atoms with Crippen molar-refractivity contribution in [3.63, 3.8) is 0 Å². The number of hydrogen-bond donors (Lipinski definition) is 1. The van der Waals surface area contributed by atoms with Crippen LogP contribution < -0.4 is 5.32 Å². The Balaban J connectivity index is 2.00. The van der Waals surface area contributed by atoms with Gasteiger partial charge < -0.3 is 10.1 Å². The van der Waals surface area contributed by atoms with Crippen LogP contribution in [0.3, 0.4) is 0 Å². The molecular weight excluding hydrogens is 230 g/mol. The second-order valence-corrected chi connectivity index (χ2v) is 5.07. The van der Waals surface area contributed by atoms with Crippen molar-refractivity contribution in [1.82, 2.24) is 5.32 Å². The molecule has 0 spiro atoms. The maximum Gasteiger partial charge on any atom is 0.0591 e. The van der Waals surface area contributed by atoms with Crippen LogP contribution >= 0.6 is 22.9 Å². The molecule has 0 aliphatic carbocycles. The molecule has 0 aromatic carbocycles. The first-order chi connectivity index (χ1) is 7.20. The van der Waals surface area contributed by atoms with E-state index >= 15 is 0 Å². The van der Waals surface area contributed by atoms with Gasteiger partial charge in [-0.1, -0.05) is 25.4 Å². The largest absolute Gasteiger partial charge is 0.380 e. The minimum absolute atomic E-state index is 0.528. The van der Waals surface area contributed by atoms with E-state index in [1.165, 1.54) is 4.88 Å². The van der Waals surface area contributed by atoms with E-state index < -0.39 is 0 Å². The van der Waals surface area contributed by atoms with E-state index in [1.54, 1.807) is 11.3 Å². The summed E-state index contributed by atoms with van der Waals surface area (Å²) in [5.41, 5.74) is 0. The van der Waals surface area contributed by atoms with Crippen LogP contribution in [-0.2, 0) is 11.2 Å². The predicted octanol–water partition coefficient (Wildman–Crippen LogP) is 2.96. The first-order valence-electron chi connectivity index (χ1n) is 5.23. The summed E-state index contributed by atoms with van der Waals surface area (Å²) >= 11 is 7.65. The second-order valence-electron chi connectivity index (χ2n) is 3.66. The molecule has 0 bridgehead atoms. The van der Waals surface area contributed by atoms with Gasteiger partial charge in [0.15, 0.2) is 0 Å². The summed E-state index contributed by atoms with van der Waals surface area (Å²) in [6.07, 6.45) is 0.915. The lowest BCUT2D eigenvalue weighted by molar-refractivity contribution is 0.138. The fraction of sp³-hybridized carbons (Fsp3) is 0.636. The van der Waals surface area contributed by atoms with Gasteiger partial charge in [-0.3, -0.25) is 0 Å². The highest BCUT2D eigenvalue weighted by molar-refractivity contribution is 7.10. The Labute approximate surface area is 101 Å². The van der Waals surface area contributed by atoms with E-state index in [0.29, 0.717) is 6.04 Å². The Kier molecular flexibility index (Phi) is 6.25. The Morgan fingerprint density at radius 2 is 2.27 bits per heavy atom. The molecule has 15 heavy (non-hydrogen) atoms. The van der Waals surface area contributed by atoms with Gasteiger partial charge in [-0.25, -0.2) is 0 Å². The number of nitrogens with one attached hydrogen (secondary N) is 1. The van der Waals surface area contributed by atoms with Crippen molar-refractivity contribution in [3.05, 3.63) is 21.3 Å². The molecule has 0 atom stereocenters. The zero-order chi connectivity index (χ0) is 11.1. The summed E-state index contributed by atoms with van der Waals surface area (Å²) < 4.78 is 5.50. The maximum atomic E-state index is 5.96. The fourth-order valence-corrected chi connectivity index (χ4v) is 2.31. The molecule has 2 nitrogen and oxygen atoms in total. The molecule has 0 aliphatic rings. The molecule has 1 rings (SSSR count). The van der Waals surface area contributed by atoms with Gasteiger partial charge in [0.2, 0.25) is 0 Å². The molecule has 1 aromatic rings. The average molecular weight is 248 g/mol. The molecule has 0 saturated heterocycles. The Bertz CT molecular complexity index is 275. The van der Waals surface area contributed by atoms with Crippen molar-refractivity contribution in [2.24, 2.45) is 0 Å². The molecule has 0 unspecified atom stereocenters. The van der Waals surface area contributed by atoms with Gasteiger partial charge in [-0.05, 0) is 11.4 Å². The van der Waals surface area contributed by atoms with Crippen molar-refractivity contribution in [2.45, 2.75) is 26.3 Å². The summed E-state index contributed by atoms with van der Waals surface area (Å²) in [5, 5.41) is 6.18. The first kappa shape index (κ1) is 13.0. The third kappa shape index (κ3) is 5.52. The Hall–Kier alpha value is -0.0900. The van der Waals surface area contributed by atoms with E-state index in [1.807, 2.05) is 11.4 Å². The molecule has 0 saturated carbocycles. The van der Waals surface area contributed by atoms with Crippen LogP contribution in [0, 0.1) is 0 Å². The lowest BCUT2D eigenvalue weighted by atomic mass is 10.3. The lowest BCUT2D eigenvalue weighted by Crippen LogP contribution is -2.26. The second kappa shape index (κ2) is 7.23. The quantitative estimate of drug-likeness (QED) is 0.748. The molecule has 1 aromatic heterocycles.